The maximum Gasteiger partial charge on any atom is 0.326 e. The number of urea groups is 1. The molecule has 0 radical (unpaired) electrons. The first-order valence-corrected chi connectivity index (χ1v) is 6.98. The fourth-order valence-corrected chi connectivity index (χ4v) is 2.64. The molecule has 0 saturated carbocycles. The van der Waals surface area contributed by atoms with Gasteiger partial charge in [-0.15, -0.1) is 0 Å². The van der Waals surface area contributed by atoms with Crippen LogP contribution in [0.5, 0.6) is 0 Å². The Labute approximate surface area is 119 Å². The van der Waals surface area contributed by atoms with Gasteiger partial charge < -0.3 is 5.32 Å². The van der Waals surface area contributed by atoms with Crippen molar-refractivity contribution in [2.75, 3.05) is 16.8 Å². The lowest BCUT2D eigenvalue weighted by Gasteiger charge is -2.29. The van der Waals surface area contributed by atoms with Gasteiger partial charge in [-0.25, -0.2) is 4.79 Å². The Morgan fingerprint density at radius 3 is 2.70 bits per heavy atom. The predicted octanol–water partition coefficient (Wildman–Crippen LogP) is 3.98. The second-order valence-corrected chi connectivity index (χ2v) is 5.13. The summed E-state index contributed by atoms with van der Waals surface area (Å²) in [5, 5.41) is 3.01. The minimum atomic E-state index is -0.0496. The highest BCUT2D eigenvalue weighted by Crippen LogP contribution is 2.27. The van der Waals surface area contributed by atoms with Gasteiger partial charge in [-0.1, -0.05) is 36.4 Å². The van der Waals surface area contributed by atoms with Crippen molar-refractivity contribution < 1.29 is 4.79 Å². The van der Waals surface area contributed by atoms with Crippen LogP contribution < -0.4 is 10.2 Å². The highest BCUT2D eigenvalue weighted by molar-refractivity contribution is 6.02. The number of nitrogens with one attached hydrogen (secondary N) is 1. The number of anilines is 2. The van der Waals surface area contributed by atoms with Crippen LogP contribution in [0.15, 0.2) is 48.5 Å². The van der Waals surface area contributed by atoms with Gasteiger partial charge in [0.25, 0.3) is 0 Å². The van der Waals surface area contributed by atoms with Gasteiger partial charge >= 0.3 is 6.03 Å². The molecule has 0 atom stereocenters. The SMILES string of the molecule is Cc1ccccc1NC(=O)N1CCCc2ccccc21. The molecule has 0 fully saturated rings. The third-order valence-electron chi connectivity index (χ3n) is 3.74. The topological polar surface area (TPSA) is 32.3 Å². The third kappa shape index (κ3) is 2.39. The molecule has 0 saturated heterocycles. The number of carbonyl (C=O) groups is 1. The number of amides is 2. The quantitative estimate of drug-likeness (QED) is 0.832. The molecule has 3 nitrogen and oxygen atoms in total. The Kier molecular flexibility index (Phi) is 3.42. The second kappa shape index (κ2) is 5.37. The minimum Gasteiger partial charge on any atom is -0.307 e. The Morgan fingerprint density at radius 1 is 1.10 bits per heavy atom. The van der Waals surface area contributed by atoms with Crippen LogP contribution in [-0.4, -0.2) is 12.6 Å². The molecule has 0 bridgehead atoms. The first-order valence-electron chi connectivity index (χ1n) is 6.98. The number of hydrogen-bond acceptors (Lipinski definition) is 1. The summed E-state index contributed by atoms with van der Waals surface area (Å²) in [6, 6.07) is 15.9. The number of hydrogen-bond donors (Lipinski definition) is 1. The summed E-state index contributed by atoms with van der Waals surface area (Å²) in [4.78, 5) is 14.3. The fraction of sp³-hybridized carbons (Fsp3) is 0.235. The third-order valence-corrected chi connectivity index (χ3v) is 3.74. The Morgan fingerprint density at radius 2 is 1.85 bits per heavy atom. The second-order valence-electron chi connectivity index (χ2n) is 5.13. The molecule has 20 heavy (non-hydrogen) atoms. The molecule has 102 valence electrons. The fourth-order valence-electron chi connectivity index (χ4n) is 2.64. The number of carbonyl (C=O) groups excluding carboxylic acids is 1. The van der Waals surface area contributed by atoms with Crippen molar-refractivity contribution in [1.82, 2.24) is 0 Å². The Balaban J connectivity index is 1.84. The molecule has 2 aromatic carbocycles. The number of aryl methyl sites for hydroxylation is 2. The number of para-hydroxylation sites is 2. The van der Waals surface area contributed by atoms with Crippen molar-refractivity contribution in [3.8, 4) is 0 Å². The Bertz CT molecular complexity index is 636. The average Bonchev–Trinajstić information content (AvgIpc) is 2.49. The largest absolute Gasteiger partial charge is 0.326 e. The minimum absolute atomic E-state index is 0.0496. The molecule has 0 aromatic heterocycles. The van der Waals surface area contributed by atoms with E-state index in [-0.39, 0.29) is 6.03 Å². The molecule has 2 aromatic rings. The zero-order chi connectivity index (χ0) is 13.9. The molecular formula is C17H18N2O. The summed E-state index contributed by atoms with van der Waals surface area (Å²) in [5.74, 6) is 0. The van der Waals surface area contributed by atoms with Crippen molar-refractivity contribution in [2.45, 2.75) is 19.8 Å². The van der Waals surface area contributed by atoms with Crippen LogP contribution in [0.2, 0.25) is 0 Å². The molecule has 0 aliphatic carbocycles. The summed E-state index contributed by atoms with van der Waals surface area (Å²) in [6.07, 6.45) is 2.06. The van der Waals surface area contributed by atoms with Gasteiger partial charge in [0, 0.05) is 17.9 Å². The van der Waals surface area contributed by atoms with Gasteiger partial charge in [-0.05, 0) is 43.0 Å². The van der Waals surface area contributed by atoms with Crippen LogP contribution in [0.25, 0.3) is 0 Å². The maximum atomic E-state index is 12.5. The molecule has 0 unspecified atom stereocenters. The zero-order valence-electron chi connectivity index (χ0n) is 11.6. The first-order chi connectivity index (χ1) is 9.75. The summed E-state index contributed by atoms with van der Waals surface area (Å²) in [6.45, 7) is 2.77. The molecule has 3 rings (SSSR count). The van der Waals surface area contributed by atoms with E-state index in [0.717, 1.165) is 36.3 Å². The van der Waals surface area contributed by atoms with E-state index in [1.807, 2.05) is 54.3 Å². The maximum absolute atomic E-state index is 12.5. The van der Waals surface area contributed by atoms with E-state index in [1.54, 1.807) is 0 Å². The van der Waals surface area contributed by atoms with E-state index < -0.39 is 0 Å². The van der Waals surface area contributed by atoms with E-state index in [1.165, 1.54) is 5.56 Å². The van der Waals surface area contributed by atoms with Gasteiger partial charge in [0.1, 0.15) is 0 Å². The van der Waals surface area contributed by atoms with Crippen LogP contribution >= 0.6 is 0 Å². The smallest absolute Gasteiger partial charge is 0.307 e. The van der Waals surface area contributed by atoms with Crippen LogP contribution in [0.3, 0.4) is 0 Å². The number of nitrogens with zero attached hydrogens (tertiary/aromatic N) is 1. The monoisotopic (exact) mass is 266 g/mol. The van der Waals surface area contributed by atoms with Gasteiger partial charge in [-0.3, -0.25) is 4.90 Å². The molecule has 2 amide bonds. The zero-order valence-corrected chi connectivity index (χ0v) is 11.6. The molecule has 1 aliphatic heterocycles. The number of rotatable bonds is 1. The summed E-state index contributed by atoms with van der Waals surface area (Å²) >= 11 is 0. The highest BCUT2D eigenvalue weighted by Gasteiger charge is 2.22. The lowest BCUT2D eigenvalue weighted by molar-refractivity contribution is 0.256. The van der Waals surface area contributed by atoms with Gasteiger partial charge in [-0.2, -0.15) is 0 Å². The van der Waals surface area contributed by atoms with Crippen molar-refractivity contribution >= 4 is 17.4 Å². The normalized spacial score (nSPS) is 13.8. The molecule has 1 aliphatic rings. The van der Waals surface area contributed by atoms with Crippen molar-refractivity contribution in [3.63, 3.8) is 0 Å². The predicted molar refractivity (Wildman–Crippen MR) is 82.3 cm³/mol. The summed E-state index contributed by atoms with van der Waals surface area (Å²) in [5.41, 5.74) is 4.23. The number of fused-ring (bicyclic) bond motifs is 1. The van der Waals surface area contributed by atoms with E-state index in [2.05, 4.69) is 11.4 Å². The highest BCUT2D eigenvalue weighted by atomic mass is 16.2. The van der Waals surface area contributed by atoms with Crippen LogP contribution in [0.1, 0.15) is 17.5 Å². The van der Waals surface area contributed by atoms with Crippen molar-refractivity contribution in [2.24, 2.45) is 0 Å². The molecular weight excluding hydrogens is 248 g/mol. The molecule has 1 N–H and O–H groups in total. The van der Waals surface area contributed by atoms with E-state index in [0.29, 0.717) is 0 Å². The lowest BCUT2D eigenvalue weighted by Crippen LogP contribution is -2.38. The summed E-state index contributed by atoms with van der Waals surface area (Å²) in [7, 11) is 0. The van der Waals surface area contributed by atoms with E-state index in [9.17, 15) is 4.79 Å². The standard InChI is InChI=1S/C17H18N2O/c1-13-7-2-4-10-15(13)18-17(20)19-12-6-9-14-8-3-5-11-16(14)19/h2-5,7-8,10-11H,6,9,12H2,1H3,(H,18,20). The first kappa shape index (κ1) is 12.7. The van der Waals surface area contributed by atoms with E-state index >= 15 is 0 Å². The van der Waals surface area contributed by atoms with Crippen LogP contribution in [-0.2, 0) is 6.42 Å². The van der Waals surface area contributed by atoms with Crippen LogP contribution in [0.4, 0.5) is 16.2 Å². The van der Waals surface area contributed by atoms with Gasteiger partial charge in [0.2, 0.25) is 0 Å². The molecule has 0 spiro atoms. The van der Waals surface area contributed by atoms with Crippen LogP contribution in [0, 0.1) is 6.92 Å². The van der Waals surface area contributed by atoms with E-state index in [4.69, 9.17) is 0 Å². The lowest BCUT2D eigenvalue weighted by atomic mass is 10.0. The molecule has 1 heterocycles. The number of benzene rings is 2. The van der Waals surface area contributed by atoms with Crippen molar-refractivity contribution in [1.29, 1.82) is 0 Å². The van der Waals surface area contributed by atoms with Gasteiger partial charge in [0.15, 0.2) is 0 Å². The van der Waals surface area contributed by atoms with Gasteiger partial charge in [0.05, 0.1) is 0 Å². The van der Waals surface area contributed by atoms with Crippen molar-refractivity contribution in [3.05, 3.63) is 59.7 Å². The Hall–Kier alpha value is -2.29. The summed E-state index contributed by atoms with van der Waals surface area (Å²) < 4.78 is 0. The molecule has 3 heteroatoms. The average molecular weight is 266 g/mol.